The van der Waals surface area contributed by atoms with Crippen LogP contribution in [0.5, 0.6) is 0 Å². The van der Waals surface area contributed by atoms with Crippen molar-refractivity contribution in [2.24, 2.45) is 0 Å². The summed E-state index contributed by atoms with van der Waals surface area (Å²) in [6.07, 6.45) is 0.893. The topological polar surface area (TPSA) is 55.9 Å². The summed E-state index contributed by atoms with van der Waals surface area (Å²) in [5.74, 6) is -0.846. The molecule has 1 aromatic rings. The number of piperazine rings is 2. The normalized spacial score (nSPS) is 20.2. The summed E-state index contributed by atoms with van der Waals surface area (Å²) < 4.78 is 0. The molecule has 0 saturated carbocycles. The third-order valence-corrected chi connectivity index (χ3v) is 4.62. The number of carbonyl (C=O) groups is 2. The smallest absolute Gasteiger partial charge is 0.316 e. The first kappa shape index (κ1) is 16.0. The highest BCUT2D eigenvalue weighted by Gasteiger charge is 2.32. The van der Waals surface area contributed by atoms with Crippen LogP contribution in [-0.2, 0) is 16.0 Å². The number of amides is 2. The molecule has 6 heteroatoms. The molecule has 2 saturated heterocycles. The van der Waals surface area contributed by atoms with Gasteiger partial charge in [0.05, 0.1) is 0 Å². The number of likely N-dealkylation sites (N-methyl/N-ethyl adjacent to an activating group) is 1. The fraction of sp³-hybridized carbons (Fsp3) is 0.529. The van der Waals surface area contributed by atoms with Crippen LogP contribution >= 0.6 is 0 Å². The van der Waals surface area contributed by atoms with E-state index in [2.05, 4.69) is 16.3 Å². The average molecular weight is 316 g/mol. The standard InChI is InChI=1S/C17H24N4O2/c1-19-12-13-21(17(23)16(19)22)15-5-3-2-4-14(15)6-9-20-10-7-18-8-11-20/h2-5,18H,6-13H2,1H3. The Balaban J connectivity index is 1.72. The van der Waals surface area contributed by atoms with Gasteiger partial charge in [-0.1, -0.05) is 18.2 Å². The van der Waals surface area contributed by atoms with Crippen LogP contribution in [0.15, 0.2) is 24.3 Å². The van der Waals surface area contributed by atoms with Gasteiger partial charge < -0.3 is 20.0 Å². The van der Waals surface area contributed by atoms with Gasteiger partial charge in [0.25, 0.3) is 0 Å². The summed E-state index contributed by atoms with van der Waals surface area (Å²) >= 11 is 0. The Bertz CT molecular complexity index is 584. The number of hydrogen-bond acceptors (Lipinski definition) is 4. The summed E-state index contributed by atoms with van der Waals surface area (Å²) in [4.78, 5) is 29.8. The maximum absolute atomic E-state index is 12.3. The highest BCUT2D eigenvalue weighted by Crippen LogP contribution is 2.23. The molecule has 124 valence electrons. The van der Waals surface area contributed by atoms with Gasteiger partial charge in [0.2, 0.25) is 0 Å². The highest BCUT2D eigenvalue weighted by atomic mass is 16.2. The van der Waals surface area contributed by atoms with Crippen molar-refractivity contribution in [3.05, 3.63) is 29.8 Å². The molecule has 0 unspecified atom stereocenters. The molecule has 0 aromatic heterocycles. The Morgan fingerprint density at radius 2 is 1.74 bits per heavy atom. The summed E-state index contributed by atoms with van der Waals surface area (Å²) in [5.41, 5.74) is 2.02. The lowest BCUT2D eigenvalue weighted by Crippen LogP contribution is -2.53. The molecule has 3 rings (SSSR count). The molecule has 1 aromatic carbocycles. The zero-order valence-corrected chi connectivity index (χ0v) is 13.6. The van der Waals surface area contributed by atoms with Crippen LogP contribution < -0.4 is 10.2 Å². The van der Waals surface area contributed by atoms with Gasteiger partial charge in [0, 0.05) is 58.5 Å². The SMILES string of the molecule is CN1CCN(c2ccccc2CCN2CCNCC2)C(=O)C1=O. The molecular formula is C17H24N4O2. The molecule has 2 aliphatic rings. The average Bonchev–Trinajstić information content (AvgIpc) is 2.59. The van der Waals surface area contributed by atoms with Crippen molar-refractivity contribution >= 4 is 17.5 Å². The van der Waals surface area contributed by atoms with E-state index >= 15 is 0 Å². The van der Waals surface area contributed by atoms with Gasteiger partial charge in [-0.2, -0.15) is 0 Å². The Morgan fingerprint density at radius 1 is 1.00 bits per heavy atom. The molecule has 2 amide bonds. The summed E-state index contributed by atoms with van der Waals surface area (Å²) in [6.45, 7) is 6.32. The predicted molar refractivity (Wildman–Crippen MR) is 89.4 cm³/mol. The van der Waals surface area contributed by atoms with Crippen LogP contribution in [0, 0.1) is 0 Å². The van der Waals surface area contributed by atoms with Gasteiger partial charge in [-0.05, 0) is 18.1 Å². The number of nitrogens with zero attached hydrogens (tertiary/aromatic N) is 3. The second-order valence-electron chi connectivity index (χ2n) is 6.15. The first-order chi connectivity index (χ1) is 11.2. The molecule has 6 nitrogen and oxygen atoms in total. The molecule has 0 radical (unpaired) electrons. The van der Waals surface area contributed by atoms with Crippen LogP contribution in [0.1, 0.15) is 5.56 Å². The van der Waals surface area contributed by atoms with Gasteiger partial charge in [0.1, 0.15) is 0 Å². The van der Waals surface area contributed by atoms with Gasteiger partial charge in [-0.3, -0.25) is 9.59 Å². The van der Waals surface area contributed by atoms with Gasteiger partial charge in [-0.25, -0.2) is 0 Å². The van der Waals surface area contributed by atoms with E-state index in [-0.39, 0.29) is 0 Å². The molecule has 2 heterocycles. The zero-order valence-electron chi connectivity index (χ0n) is 13.6. The molecule has 0 atom stereocenters. The van der Waals surface area contributed by atoms with Gasteiger partial charge in [0.15, 0.2) is 0 Å². The lowest BCUT2D eigenvalue weighted by atomic mass is 10.1. The Morgan fingerprint density at radius 3 is 2.52 bits per heavy atom. The maximum Gasteiger partial charge on any atom is 0.316 e. The number of hydrogen-bond donors (Lipinski definition) is 1. The fourth-order valence-corrected chi connectivity index (χ4v) is 3.16. The number of nitrogens with one attached hydrogen (secondary N) is 1. The third-order valence-electron chi connectivity index (χ3n) is 4.62. The van der Waals surface area contributed by atoms with E-state index in [1.54, 1.807) is 11.9 Å². The lowest BCUT2D eigenvalue weighted by Gasteiger charge is -2.33. The summed E-state index contributed by atoms with van der Waals surface area (Å²) in [7, 11) is 1.67. The molecule has 2 aliphatic heterocycles. The van der Waals surface area contributed by atoms with Crippen molar-refractivity contribution in [2.45, 2.75) is 6.42 Å². The fourth-order valence-electron chi connectivity index (χ4n) is 3.16. The van der Waals surface area contributed by atoms with Crippen molar-refractivity contribution in [3.8, 4) is 0 Å². The molecule has 23 heavy (non-hydrogen) atoms. The van der Waals surface area contributed by atoms with E-state index < -0.39 is 11.8 Å². The van der Waals surface area contributed by atoms with Gasteiger partial charge >= 0.3 is 11.8 Å². The lowest BCUT2D eigenvalue weighted by molar-refractivity contribution is -0.145. The van der Waals surface area contributed by atoms with Crippen molar-refractivity contribution in [3.63, 3.8) is 0 Å². The minimum Gasteiger partial charge on any atom is -0.336 e. The predicted octanol–water partition coefficient (Wildman–Crippen LogP) is -0.0607. The van der Waals surface area contributed by atoms with Gasteiger partial charge in [-0.15, -0.1) is 0 Å². The third kappa shape index (κ3) is 3.54. The Kier molecular flexibility index (Phi) is 4.93. The van der Waals surface area contributed by atoms with Crippen molar-refractivity contribution in [2.75, 3.05) is 57.8 Å². The Hall–Kier alpha value is -1.92. The molecule has 0 spiro atoms. The molecule has 1 N–H and O–H groups in total. The highest BCUT2D eigenvalue weighted by molar-refractivity contribution is 6.41. The first-order valence-electron chi connectivity index (χ1n) is 8.25. The molecule has 0 aliphatic carbocycles. The summed E-state index contributed by atoms with van der Waals surface area (Å²) in [6, 6.07) is 7.94. The monoisotopic (exact) mass is 316 g/mol. The van der Waals surface area contributed by atoms with Crippen LogP contribution in [0.4, 0.5) is 5.69 Å². The van der Waals surface area contributed by atoms with Crippen molar-refractivity contribution in [1.29, 1.82) is 0 Å². The zero-order chi connectivity index (χ0) is 16.2. The second-order valence-corrected chi connectivity index (χ2v) is 6.15. The van der Waals surface area contributed by atoms with E-state index in [9.17, 15) is 9.59 Å². The van der Waals surface area contributed by atoms with Crippen LogP contribution in [0.2, 0.25) is 0 Å². The number of benzene rings is 1. The Labute approximate surface area is 137 Å². The number of para-hydroxylation sites is 1. The molecule has 2 fully saturated rings. The quantitative estimate of drug-likeness (QED) is 0.791. The first-order valence-corrected chi connectivity index (χ1v) is 8.25. The minimum atomic E-state index is -0.423. The number of anilines is 1. The molecule has 0 bridgehead atoms. The largest absolute Gasteiger partial charge is 0.336 e. The van der Waals surface area contributed by atoms with Crippen LogP contribution in [0.3, 0.4) is 0 Å². The van der Waals surface area contributed by atoms with Crippen molar-refractivity contribution in [1.82, 2.24) is 15.1 Å². The van der Waals surface area contributed by atoms with Crippen molar-refractivity contribution < 1.29 is 9.59 Å². The van der Waals surface area contributed by atoms with Crippen LogP contribution in [0.25, 0.3) is 0 Å². The van der Waals surface area contributed by atoms with E-state index in [4.69, 9.17) is 0 Å². The number of carbonyl (C=O) groups excluding carboxylic acids is 2. The van der Waals surface area contributed by atoms with E-state index in [1.165, 1.54) is 4.90 Å². The number of rotatable bonds is 4. The molecular weight excluding hydrogens is 292 g/mol. The second kappa shape index (κ2) is 7.10. The minimum absolute atomic E-state index is 0.423. The summed E-state index contributed by atoms with van der Waals surface area (Å²) in [5, 5.41) is 3.35. The van der Waals surface area contributed by atoms with E-state index in [1.807, 2.05) is 18.2 Å². The maximum atomic E-state index is 12.3. The van der Waals surface area contributed by atoms with E-state index in [0.717, 1.165) is 50.4 Å². The van der Waals surface area contributed by atoms with E-state index in [0.29, 0.717) is 13.1 Å². The van der Waals surface area contributed by atoms with Crippen LogP contribution in [-0.4, -0.2) is 74.5 Å².